The topological polar surface area (TPSA) is 43.4 Å². The van der Waals surface area contributed by atoms with E-state index in [1.54, 1.807) is 0 Å². The van der Waals surface area contributed by atoms with E-state index >= 15 is 0 Å². The molecule has 0 amide bonds. The van der Waals surface area contributed by atoms with Gasteiger partial charge >= 0.3 is 105 Å². The summed E-state index contributed by atoms with van der Waals surface area (Å²) in [5, 5.41) is 0. The number of ether oxygens (including phenoxy) is 1. The van der Waals surface area contributed by atoms with Crippen molar-refractivity contribution in [3.8, 4) is 0 Å². The van der Waals surface area contributed by atoms with Gasteiger partial charge in [-0.05, 0) is 0 Å². The number of Topliss-reactive ketones (excluding diaryl/α,β-unsaturated/α-hetero) is 2. The molecule has 2 heterocycles. The van der Waals surface area contributed by atoms with Crippen molar-refractivity contribution in [3.63, 3.8) is 0 Å². The van der Waals surface area contributed by atoms with E-state index in [1.165, 1.54) is 0 Å². The molecule has 3 aliphatic rings. The van der Waals surface area contributed by atoms with E-state index in [-0.39, 0.29) is 30.2 Å². The van der Waals surface area contributed by atoms with Crippen LogP contribution in [-0.2, 0) is 32.6 Å². The Hall–Kier alpha value is -0.0766. The third-order valence-electron chi connectivity index (χ3n) is 5.24. The molecule has 3 nitrogen and oxygen atoms in total. The SMILES string of the molecule is CC1[CH]([Ru])C2OC1C1(C)C(=O)CC(=O)C21C. The fourth-order valence-electron chi connectivity index (χ4n) is 3.90. The molecule has 89 valence electrons. The Bertz CT molecular complexity index is 371. The number of carbonyl (C=O) groups excluding carboxylic acids is 2. The molecule has 0 N–H and O–H groups in total. The normalized spacial score (nSPS) is 59.5. The van der Waals surface area contributed by atoms with Crippen LogP contribution in [0.1, 0.15) is 27.2 Å². The first kappa shape index (κ1) is 11.0. The maximum atomic E-state index is 12.1. The molecule has 2 saturated heterocycles. The van der Waals surface area contributed by atoms with Crippen molar-refractivity contribution in [2.75, 3.05) is 0 Å². The molecule has 2 aliphatic heterocycles. The Kier molecular flexibility index (Phi) is 1.96. The van der Waals surface area contributed by atoms with E-state index in [0.29, 0.717) is 10.4 Å². The first-order chi connectivity index (χ1) is 7.35. The van der Waals surface area contributed by atoms with Crippen LogP contribution in [0, 0.1) is 16.7 Å². The van der Waals surface area contributed by atoms with Gasteiger partial charge in [-0.2, -0.15) is 0 Å². The molecule has 3 rings (SSSR count). The number of fused-ring (bicyclic) bond motifs is 5. The number of hydrogen-bond donors (Lipinski definition) is 0. The minimum absolute atomic E-state index is 0.0763. The predicted molar refractivity (Wildman–Crippen MR) is 52.4 cm³/mol. The summed E-state index contributed by atoms with van der Waals surface area (Å²) >= 11 is 2.69. The van der Waals surface area contributed by atoms with Gasteiger partial charge in [-0.3, -0.25) is 0 Å². The van der Waals surface area contributed by atoms with E-state index < -0.39 is 10.8 Å². The van der Waals surface area contributed by atoms with Crippen LogP contribution in [0.2, 0.25) is 4.51 Å². The molecule has 0 aromatic heterocycles. The summed E-state index contributed by atoms with van der Waals surface area (Å²) in [6.45, 7) is 5.97. The van der Waals surface area contributed by atoms with E-state index in [0.717, 1.165) is 0 Å². The van der Waals surface area contributed by atoms with Gasteiger partial charge in [0.15, 0.2) is 0 Å². The molecule has 6 atom stereocenters. The van der Waals surface area contributed by atoms with Crippen LogP contribution in [-0.4, -0.2) is 23.8 Å². The molecular weight excluding hydrogens is 293 g/mol. The maximum absolute atomic E-state index is 12.1. The first-order valence-corrected chi connectivity index (χ1v) is 6.70. The van der Waals surface area contributed by atoms with Crippen LogP contribution in [0.3, 0.4) is 0 Å². The van der Waals surface area contributed by atoms with Gasteiger partial charge in [0.1, 0.15) is 0 Å². The summed E-state index contributed by atoms with van der Waals surface area (Å²) < 4.78 is 6.25. The average molecular weight is 308 g/mol. The molecule has 6 unspecified atom stereocenters. The average Bonchev–Trinajstić information content (AvgIpc) is 2.70. The number of rotatable bonds is 0. The van der Waals surface area contributed by atoms with Crippen molar-refractivity contribution >= 4 is 11.6 Å². The van der Waals surface area contributed by atoms with Crippen LogP contribution in [0.5, 0.6) is 0 Å². The molecular formula is C12H15O3Ru. The third-order valence-corrected chi connectivity index (χ3v) is 6.68. The van der Waals surface area contributed by atoms with Crippen LogP contribution >= 0.6 is 0 Å². The van der Waals surface area contributed by atoms with Crippen LogP contribution in [0.15, 0.2) is 0 Å². The van der Waals surface area contributed by atoms with Crippen molar-refractivity contribution in [2.24, 2.45) is 16.7 Å². The van der Waals surface area contributed by atoms with Gasteiger partial charge in [0.05, 0.1) is 0 Å². The Morgan fingerprint density at radius 1 is 1.19 bits per heavy atom. The third kappa shape index (κ3) is 0.830. The molecule has 0 aromatic rings. The van der Waals surface area contributed by atoms with Crippen molar-refractivity contribution in [2.45, 2.75) is 43.9 Å². The Morgan fingerprint density at radius 3 is 2.25 bits per heavy atom. The fraction of sp³-hybridized carbons (Fsp3) is 0.833. The van der Waals surface area contributed by atoms with Crippen molar-refractivity contribution in [1.82, 2.24) is 0 Å². The Labute approximate surface area is 105 Å². The molecule has 16 heavy (non-hydrogen) atoms. The second-order valence-corrected chi connectivity index (χ2v) is 6.85. The van der Waals surface area contributed by atoms with E-state index in [2.05, 4.69) is 25.2 Å². The Morgan fingerprint density at radius 2 is 1.69 bits per heavy atom. The molecule has 1 saturated carbocycles. The summed E-state index contributed by atoms with van der Waals surface area (Å²) in [6.07, 6.45) is -0.0602. The first-order valence-electron chi connectivity index (χ1n) is 5.70. The van der Waals surface area contributed by atoms with Gasteiger partial charge in [0.25, 0.3) is 0 Å². The molecule has 4 heteroatoms. The summed E-state index contributed by atoms with van der Waals surface area (Å²) in [4.78, 5) is 24.3. The van der Waals surface area contributed by atoms with Crippen LogP contribution < -0.4 is 0 Å². The summed E-state index contributed by atoms with van der Waals surface area (Å²) in [5.41, 5.74) is -1.17. The standard InChI is InChI=1S/C12H15O3.Ru/c1-6-4-9-11(2)7(13)5-8(14)12(11,3)10(6)15-9;/h4,6,9-10H,5H2,1-3H3;. The fourth-order valence-corrected chi connectivity index (χ4v) is 4.92. The predicted octanol–water partition coefficient (Wildman–Crippen LogP) is 1.29. The van der Waals surface area contributed by atoms with E-state index in [9.17, 15) is 9.59 Å². The van der Waals surface area contributed by atoms with Crippen LogP contribution in [0.4, 0.5) is 0 Å². The van der Waals surface area contributed by atoms with Crippen LogP contribution in [0.25, 0.3) is 0 Å². The molecule has 3 fully saturated rings. The van der Waals surface area contributed by atoms with Gasteiger partial charge in [-0.1, -0.05) is 0 Å². The van der Waals surface area contributed by atoms with Crippen molar-refractivity contribution in [3.05, 3.63) is 0 Å². The second-order valence-electron chi connectivity index (χ2n) is 5.69. The van der Waals surface area contributed by atoms with Gasteiger partial charge < -0.3 is 0 Å². The molecule has 2 bridgehead atoms. The molecule has 0 radical (unpaired) electrons. The number of carbonyl (C=O) groups is 2. The van der Waals surface area contributed by atoms with Gasteiger partial charge in [0, 0.05) is 0 Å². The van der Waals surface area contributed by atoms with Gasteiger partial charge in [-0.15, -0.1) is 0 Å². The number of hydrogen-bond acceptors (Lipinski definition) is 3. The summed E-state index contributed by atoms with van der Waals surface area (Å²) in [6, 6.07) is 0. The monoisotopic (exact) mass is 309 g/mol. The molecule has 0 aromatic carbocycles. The van der Waals surface area contributed by atoms with Crippen molar-refractivity contribution in [1.29, 1.82) is 0 Å². The van der Waals surface area contributed by atoms with E-state index in [4.69, 9.17) is 4.74 Å². The van der Waals surface area contributed by atoms with Gasteiger partial charge in [-0.25, -0.2) is 0 Å². The quantitative estimate of drug-likeness (QED) is 0.500. The zero-order chi connectivity index (χ0) is 11.9. The van der Waals surface area contributed by atoms with E-state index in [1.807, 2.05) is 13.8 Å². The Balaban J connectivity index is 2.20. The zero-order valence-corrected chi connectivity index (χ0v) is 11.3. The molecule has 1 aliphatic carbocycles. The summed E-state index contributed by atoms with van der Waals surface area (Å²) in [5.74, 6) is 0.501. The van der Waals surface area contributed by atoms with Crippen molar-refractivity contribution < 1.29 is 32.6 Å². The minimum atomic E-state index is -0.586. The number of ketones is 2. The summed E-state index contributed by atoms with van der Waals surface area (Å²) in [7, 11) is 0. The molecule has 0 spiro atoms. The zero-order valence-electron chi connectivity index (χ0n) is 9.59. The van der Waals surface area contributed by atoms with Gasteiger partial charge in [0.2, 0.25) is 0 Å². The second kappa shape index (κ2) is 2.84.